The van der Waals surface area contributed by atoms with Crippen LogP contribution in [-0.4, -0.2) is 37.4 Å². The molecule has 0 aliphatic carbocycles. The van der Waals surface area contributed by atoms with Crippen molar-refractivity contribution in [3.8, 4) is 0 Å². The molecule has 0 saturated heterocycles. The van der Waals surface area contributed by atoms with Gasteiger partial charge in [-0.1, -0.05) is 51.9 Å². The van der Waals surface area contributed by atoms with Crippen molar-refractivity contribution in [2.75, 3.05) is 20.6 Å². The predicted molar refractivity (Wildman–Crippen MR) is 108 cm³/mol. The molecule has 148 valence electrons. The molecule has 0 spiro atoms. The third-order valence-corrected chi connectivity index (χ3v) is 4.19. The highest BCUT2D eigenvalue weighted by atomic mass is 35.5. The van der Waals surface area contributed by atoms with Crippen LogP contribution in [0.2, 0.25) is 0 Å². The second-order valence-electron chi connectivity index (χ2n) is 6.79. The van der Waals surface area contributed by atoms with E-state index in [2.05, 4.69) is 12.2 Å². The molecule has 6 heteroatoms. The summed E-state index contributed by atoms with van der Waals surface area (Å²) in [6, 6.07) is 3.56. The first kappa shape index (κ1) is 24.4. The number of hydrogen-bond acceptors (Lipinski definition) is 2. The van der Waals surface area contributed by atoms with Gasteiger partial charge in [-0.25, -0.2) is 0 Å². The summed E-state index contributed by atoms with van der Waals surface area (Å²) in [5.74, 6) is -0.0731. The molecule has 1 heterocycles. The summed E-state index contributed by atoms with van der Waals surface area (Å²) in [7, 11) is 3.44. The van der Waals surface area contributed by atoms with Crippen molar-refractivity contribution in [1.82, 2.24) is 10.2 Å². The number of halogens is 1. The number of pyridine rings is 1. The van der Waals surface area contributed by atoms with E-state index in [0.717, 1.165) is 13.0 Å². The van der Waals surface area contributed by atoms with E-state index in [1.165, 1.54) is 49.8 Å². The van der Waals surface area contributed by atoms with Crippen LogP contribution in [0, 0.1) is 0 Å². The fourth-order valence-electron chi connectivity index (χ4n) is 2.71. The molecule has 5 nitrogen and oxygen atoms in total. The number of amides is 2. The van der Waals surface area contributed by atoms with Gasteiger partial charge in [-0.3, -0.25) is 9.59 Å². The van der Waals surface area contributed by atoms with Crippen LogP contribution >= 0.6 is 12.4 Å². The Morgan fingerprint density at radius 1 is 1.04 bits per heavy atom. The number of hydrogen-bond donors (Lipinski definition) is 1. The minimum absolute atomic E-state index is 0. The molecule has 1 N–H and O–H groups in total. The van der Waals surface area contributed by atoms with Crippen molar-refractivity contribution in [1.29, 1.82) is 0 Å². The van der Waals surface area contributed by atoms with Crippen molar-refractivity contribution in [3.63, 3.8) is 0 Å². The number of nitrogens with zero attached hydrogens (tertiary/aromatic N) is 2. The second kappa shape index (κ2) is 14.5. The van der Waals surface area contributed by atoms with Crippen LogP contribution in [0.3, 0.4) is 0 Å². The molecule has 0 fully saturated rings. The zero-order valence-corrected chi connectivity index (χ0v) is 17.3. The van der Waals surface area contributed by atoms with E-state index in [0.29, 0.717) is 5.56 Å². The summed E-state index contributed by atoms with van der Waals surface area (Å²) in [4.78, 5) is 25.5. The fourth-order valence-corrected chi connectivity index (χ4v) is 2.71. The van der Waals surface area contributed by atoms with Crippen LogP contribution < -0.4 is 9.88 Å². The number of rotatable bonds is 12. The topological polar surface area (TPSA) is 53.3 Å². The fraction of sp³-hybridized carbons (Fsp3) is 0.650. The maximum absolute atomic E-state index is 12.0. The van der Waals surface area contributed by atoms with Gasteiger partial charge in [-0.05, 0) is 12.5 Å². The molecule has 0 saturated carbocycles. The summed E-state index contributed by atoms with van der Waals surface area (Å²) >= 11 is 0. The molecule has 1 rings (SSSR count). The molecule has 26 heavy (non-hydrogen) atoms. The van der Waals surface area contributed by atoms with Gasteiger partial charge in [0.2, 0.25) is 6.54 Å². The normalized spacial score (nSPS) is 10.1. The van der Waals surface area contributed by atoms with Crippen LogP contribution in [0.1, 0.15) is 68.6 Å². The summed E-state index contributed by atoms with van der Waals surface area (Å²) in [6.07, 6.45) is 13.6. The summed E-state index contributed by atoms with van der Waals surface area (Å²) < 4.78 is 1.75. The highest BCUT2D eigenvalue weighted by Crippen LogP contribution is 2.07. The van der Waals surface area contributed by atoms with E-state index >= 15 is 0 Å². The zero-order valence-electron chi connectivity index (χ0n) is 16.5. The van der Waals surface area contributed by atoms with Crippen molar-refractivity contribution in [2.24, 2.45) is 0 Å². The number of carbonyl (C=O) groups excluding carboxylic acids is 2. The van der Waals surface area contributed by atoms with Crippen LogP contribution in [-0.2, 0) is 11.3 Å². The summed E-state index contributed by atoms with van der Waals surface area (Å²) in [5.41, 5.74) is 0.586. The average Bonchev–Trinajstić information content (AvgIpc) is 2.59. The molecule has 1 aromatic heterocycles. The predicted octanol–water partition coefficient (Wildman–Crippen LogP) is 3.35. The van der Waals surface area contributed by atoms with E-state index in [1.807, 2.05) is 6.20 Å². The van der Waals surface area contributed by atoms with Crippen molar-refractivity contribution >= 4 is 24.2 Å². The van der Waals surface area contributed by atoms with E-state index < -0.39 is 0 Å². The van der Waals surface area contributed by atoms with E-state index in [-0.39, 0.29) is 30.8 Å². The van der Waals surface area contributed by atoms with Gasteiger partial charge in [0.05, 0.1) is 0 Å². The highest BCUT2D eigenvalue weighted by Gasteiger charge is 2.14. The monoisotopic (exact) mass is 384 g/mol. The van der Waals surface area contributed by atoms with E-state index in [9.17, 15) is 9.59 Å². The van der Waals surface area contributed by atoms with Gasteiger partial charge < -0.3 is 10.2 Å². The van der Waals surface area contributed by atoms with Crippen molar-refractivity contribution in [2.45, 2.75) is 64.8 Å². The minimum Gasteiger partial charge on any atom is -0.351 e. The first-order valence-corrected chi connectivity index (χ1v) is 9.52. The van der Waals surface area contributed by atoms with Crippen LogP contribution in [0.25, 0.3) is 0 Å². The van der Waals surface area contributed by atoms with Gasteiger partial charge in [-0.2, -0.15) is 4.57 Å². The molecular weight excluding hydrogens is 350 g/mol. The van der Waals surface area contributed by atoms with E-state index in [1.54, 1.807) is 37.0 Å². The lowest BCUT2D eigenvalue weighted by Gasteiger charge is -2.09. The lowest BCUT2D eigenvalue weighted by molar-refractivity contribution is -0.684. The van der Waals surface area contributed by atoms with Gasteiger partial charge in [0, 0.05) is 26.7 Å². The molecule has 0 bridgehead atoms. The standard InChI is InChI=1S/C20H33N3O2.ClH/c1-4-5-6-7-8-9-10-11-14-21-19(24)17-23-15-12-13-18(16-23)20(25)22(2)3;/h12-13,15-16H,4-11,14,17H2,1-3H3;1H/p+1. The number of aromatic nitrogens is 1. The number of nitrogens with one attached hydrogen (secondary N) is 1. The largest absolute Gasteiger partial charge is 0.351 e. The number of carbonyl (C=O) groups is 2. The molecule has 0 aliphatic rings. The SMILES string of the molecule is CCCCCCCCCCNC(=O)C[n+]1cccc(C(=O)N(C)C)c1.Cl. The van der Waals surface area contributed by atoms with Crippen LogP contribution in [0.5, 0.6) is 0 Å². The average molecular weight is 385 g/mol. The van der Waals surface area contributed by atoms with Gasteiger partial charge >= 0.3 is 0 Å². The van der Waals surface area contributed by atoms with Gasteiger partial charge in [0.15, 0.2) is 12.4 Å². The van der Waals surface area contributed by atoms with E-state index in [4.69, 9.17) is 0 Å². The molecule has 0 radical (unpaired) electrons. The van der Waals surface area contributed by atoms with Gasteiger partial charge in [0.1, 0.15) is 5.56 Å². The Bertz CT molecular complexity index is 536. The third-order valence-electron chi connectivity index (χ3n) is 4.19. The molecule has 0 aromatic carbocycles. The Morgan fingerprint density at radius 3 is 2.27 bits per heavy atom. The maximum Gasteiger partial charge on any atom is 0.285 e. The van der Waals surface area contributed by atoms with Gasteiger partial charge in [-0.15, -0.1) is 12.4 Å². The second-order valence-corrected chi connectivity index (χ2v) is 6.79. The third kappa shape index (κ3) is 10.4. The maximum atomic E-state index is 12.0. The van der Waals surface area contributed by atoms with Crippen LogP contribution in [0.15, 0.2) is 24.5 Å². The lowest BCUT2D eigenvalue weighted by Crippen LogP contribution is -2.43. The quantitative estimate of drug-likeness (QED) is 0.443. The Balaban J connectivity index is 0.00000625. The summed E-state index contributed by atoms with van der Waals surface area (Å²) in [6.45, 7) is 3.20. The first-order chi connectivity index (χ1) is 12.0. The van der Waals surface area contributed by atoms with Crippen molar-refractivity contribution in [3.05, 3.63) is 30.1 Å². The Labute approximate surface area is 164 Å². The number of unbranched alkanes of at least 4 members (excludes halogenated alkanes) is 7. The Morgan fingerprint density at radius 2 is 1.65 bits per heavy atom. The minimum atomic E-state index is -0.0614. The molecule has 1 aromatic rings. The molecule has 0 aliphatic heterocycles. The molecule has 0 atom stereocenters. The molecule has 0 unspecified atom stereocenters. The molecule has 2 amide bonds. The van der Waals surface area contributed by atoms with Crippen molar-refractivity contribution < 1.29 is 14.2 Å². The zero-order chi connectivity index (χ0) is 18.5. The van der Waals surface area contributed by atoms with Crippen LogP contribution in [0.4, 0.5) is 0 Å². The summed E-state index contributed by atoms with van der Waals surface area (Å²) in [5, 5.41) is 2.96. The lowest BCUT2D eigenvalue weighted by atomic mass is 10.1. The smallest absolute Gasteiger partial charge is 0.285 e. The first-order valence-electron chi connectivity index (χ1n) is 9.52. The Hall–Kier alpha value is -1.62. The highest BCUT2D eigenvalue weighted by molar-refractivity contribution is 5.93. The molecular formula is C20H35ClN3O2+. The van der Waals surface area contributed by atoms with Gasteiger partial charge in [0.25, 0.3) is 11.8 Å². The Kier molecular flexibility index (Phi) is 13.6.